The van der Waals surface area contributed by atoms with Crippen LogP contribution in [0, 0.1) is 5.82 Å². The molecule has 0 fully saturated rings. The van der Waals surface area contributed by atoms with Crippen molar-refractivity contribution in [3.05, 3.63) is 47.0 Å². The number of methoxy groups -OCH3 is 1. The highest BCUT2D eigenvalue weighted by Gasteiger charge is 2.21. The molecule has 1 aromatic heterocycles. The third kappa shape index (κ3) is 2.36. The molecule has 1 aromatic carbocycles. The van der Waals surface area contributed by atoms with Gasteiger partial charge in [-0.3, -0.25) is 9.48 Å². The van der Waals surface area contributed by atoms with Crippen LogP contribution in [0.2, 0.25) is 0 Å². The third-order valence-corrected chi connectivity index (χ3v) is 2.91. The first kappa shape index (κ1) is 13.3. The number of benzene rings is 1. The summed E-state index contributed by atoms with van der Waals surface area (Å²) in [4.78, 5) is 12.4. The number of hydrogen-bond donors (Lipinski definition) is 0. The Bertz CT molecular complexity index is 620. The number of carbonyl (C=O) groups excluding carboxylic acids is 1. The van der Waals surface area contributed by atoms with Gasteiger partial charge in [0.05, 0.1) is 23.9 Å². The van der Waals surface area contributed by atoms with E-state index in [0.717, 1.165) is 0 Å². The third-order valence-electron chi connectivity index (χ3n) is 2.91. The molecule has 2 aromatic rings. The minimum absolute atomic E-state index is 0.00190. The number of aryl methyl sites for hydroxylation is 2. The van der Waals surface area contributed by atoms with Crippen LogP contribution >= 0.6 is 0 Å². The summed E-state index contributed by atoms with van der Waals surface area (Å²) in [7, 11) is 3.10. The van der Waals surface area contributed by atoms with Crippen LogP contribution in [-0.4, -0.2) is 22.7 Å². The Morgan fingerprint density at radius 2 is 2.16 bits per heavy atom. The predicted octanol–water partition coefficient (Wildman–Crippen LogP) is 2.36. The normalized spacial score (nSPS) is 10.5. The van der Waals surface area contributed by atoms with Crippen LogP contribution in [0.5, 0.6) is 5.75 Å². The SMILES string of the molecule is CCc1nn(C)cc1C(=O)c1cccc(OC)c1F. The zero-order chi connectivity index (χ0) is 14.0. The summed E-state index contributed by atoms with van der Waals surface area (Å²) < 4.78 is 20.5. The van der Waals surface area contributed by atoms with E-state index in [1.165, 1.54) is 19.2 Å². The smallest absolute Gasteiger partial charge is 0.199 e. The van der Waals surface area contributed by atoms with Gasteiger partial charge < -0.3 is 4.74 Å². The number of carbonyl (C=O) groups is 1. The van der Waals surface area contributed by atoms with Crippen LogP contribution in [0.3, 0.4) is 0 Å². The van der Waals surface area contributed by atoms with Gasteiger partial charge in [0, 0.05) is 13.2 Å². The second-order valence-electron chi connectivity index (χ2n) is 4.17. The highest BCUT2D eigenvalue weighted by Crippen LogP contribution is 2.23. The first-order chi connectivity index (χ1) is 9.08. The zero-order valence-corrected chi connectivity index (χ0v) is 11.1. The number of ketones is 1. The molecule has 0 spiro atoms. The van der Waals surface area contributed by atoms with Crippen molar-refractivity contribution in [3.8, 4) is 5.75 Å². The molecule has 0 radical (unpaired) electrons. The van der Waals surface area contributed by atoms with Crippen LogP contribution in [0.1, 0.15) is 28.5 Å². The van der Waals surface area contributed by atoms with Gasteiger partial charge in [0.25, 0.3) is 0 Å². The fourth-order valence-electron chi connectivity index (χ4n) is 1.97. The first-order valence-corrected chi connectivity index (χ1v) is 5.98. The molecule has 0 atom stereocenters. The zero-order valence-electron chi connectivity index (χ0n) is 11.1. The number of nitrogens with zero attached hydrogens (tertiary/aromatic N) is 2. The minimum atomic E-state index is -0.638. The summed E-state index contributed by atoms with van der Waals surface area (Å²) in [6, 6.07) is 4.53. The second-order valence-corrected chi connectivity index (χ2v) is 4.17. The number of halogens is 1. The van der Waals surface area contributed by atoms with Crippen LogP contribution < -0.4 is 4.74 Å². The molecule has 0 amide bonds. The molecule has 0 aliphatic heterocycles. The van der Waals surface area contributed by atoms with E-state index in [1.807, 2.05) is 6.92 Å². The summed E-state index contributed by atoms with van der Waals surface area (Å²) in [5, 5.41) is 4.19. The first-order valence-electron chi connectivity index (χ1n) is 5.98. The summed E-state index contributed by atoms with van der Waals surface area (Å²) in [5.74, 6) is -0.949. The number of aromatic nitrogens is 2. The van der Waals surface area contributed by atoms with E-state index < -0.39 is 5.82 Å². The number of rotatable bonds is 4. The molecule has 5 heteroatoms. The van der Waals surface area contributed by atoms with Crippen molar-refractivity contribution in [2.75, 3.05) is 7.11 Å². The van der Waals surface area contributed by atoms with Gasteiger partial charge >= 0.3 is 0 Å². The van der Waals surface area contributed by atoms with Crippen molar-refractivity contribution in [2.24, 2.45) is 7.05 Å². The molecule has 0 N–H and O–H groups in total. The van der Waals surface area contributed by atoms with Crippen molar-refractivity contribution in [3.63, 3.8) is 0 Å². The van der Waals surface area contributed by atoms with Crippen LogP contribution in [0.25, 0.3) is 0 Å². The van der Waals surface area contributed by atoms with E-state index in [9.17, 15) is 9.18 Å². The van der Waals surface area contributed by atoms with Crippen molar-refractivity contribution in [2.45, 2.75) is 13.3 Å². The van der Waals surface area contributed by atoms with E-state index >= 15 is 0 Å². The van der Waals surface area contributed by atoms with Crippen molar-refractivity contribution >= 4 is 5.78 Å². The van der Waals surface area contributed by atoms with E-state index in [-0.39, 0.29) is 17.1 Å². The maximum absolute atomic E-state index is 14.1. The number of ether oxygens (including phenoxy) is 1. The standard InChI is InChI=1S/C14H15FN2O2/c1-4-11-10(8-17(2)16-11)14(18)9-6-5-7-12(19-3)13(9)15/h5-8H,4H2,1-3H3. The monoisotopic (exact) mass is 262 g/mol. The molecule has 100 valence electrons. The van der Waals surface area contributed by atoms with Gasteiger partial charge in [0.2, 0.25) is 0 Å². The van der Waals surface area contributed by atoms with Crippen molar-refractivity contribution in [1.29, 1.82) is 0 Å². The minimum Gasteiger partial charge on any atom is -0.494 e. The van der Waals surface area contributed by atoms with Gasteiger partial charge in [-0.1, -0.05) is 13.0 Å². The van der Waals surface area contributed by atoms with E-state index in [2.05, 4.69) is 5.10 Å². The highest BCUT2D eigenvalue weighted by atomic mass is 19.1. The Morgan fingerprint density at radius 3 is 2.79 bits per heavy atom. The molecule has 1 heterocycles. The molecule has 0 aliphatic rings. The summed E-state index contributed by atoms with van der Waals surface area (Å²) >= 11 is 0. The molecule has 0 bridgehead atoms. The summed E-state index contributed by atoms with van der Waals surface area (Å²) in [6.07, 6.45) is 2.23. The topological polar surface area (TPSA) is 44.1 Å². The molecule has 0 unspecified atom stereocenters. The van der Waals surface area contributed by atoms with Gasteiger partial charge in [-0.25, -0.2) is 4.39 Å². The molecule has 4 nitrogen and oxygen atoms in total. The maximum atomic E-state index is 14.1. The second kappa shape index (κ2) is 5.22. The van der Waals surface area contributed by atoms with Crippen molar-refractivity contribution in [1.82, 2.24) is 9.78 Å². The molecule has 0 aliphatic carbocycles. The molecule has 2 rings (SSSR count). The lowest BCUT2D eigenvalue weighted by Crippen LogP contribution is -2.07. The lowest BCUT2D eigenvalue weighted by molar-refractivity contribution is 0.103. The van der Waals surface area contributed by atoms with Gasteiger partial charge in [-0.15, -0.1) is 0 Å². The van der Waals surface area contributed by atoms with Crippen LogP contribution in [-0.2, 0) is 13.5 Å². The predicted molar refractivity (Wildman–Crippen MR) is 69.0 cm³/mol. The Balaban J connectivity index is 2.50. The Morgan fingerprint density at radius 1 is 1.42 bits per heavy atom. The molecular formula is C14H15FN2O2. The van der Waals surface area contributed by atoms with Gasteiger partial charge in [0.15, 0.2) is 17.3 Å². The maximum Gasteiger partial charge on any atom is 0.199 e. The van der Waals surface area contributed by atoms with Gasteiger partial charge in [-0.05, 0) is 18.6 Å². The fraction of sp³-hybridized carbons (Fsp3) is 0.286. The quantitative estimate of drug-likeness (QED) is 0.794. The van der Waals surface area contributed by atoms with Gasteiger partial charge in [0.1, 0.15) is 0 Å². The summed E-state index contributed by atoms with van der Waals surface area (Å²) in [5.41, 5.74) is 1.09. The Labute approximate surface area is 110 Å². The number of hydrogen-bond acceptors (Lipinski definition) is 3. The average Bonchev–Trinajstić information content (AvgIpc) is 2.79. The van der Waals surface area contributed by atoms with E-state index in [4.69, 9.17) is 4.74 Å². The van der Waals surface area contributed by atoms with E-state index in [1.54, 1.807) is 24.0 Å². The average molecular weight is 262 g/mol. The summed E-state index contributed by atoms with van der Waals surface area (Å²) in [6.45, 7) is 1.90. The van der Waals surface area contributed by atoms with Gasteiger partial charge in [-0.2, -0.15) is 5.10 Å². The lowest BCUT2D eigenvalue weighted by atomic mass is 10.0. The lowest BCUT2D eigenvalue weighted by Gasteiger charge is -2.06. The largest absolute Gasteiger partial charge is 0.494 e. The molecule has 0 saturated heterocycles. The Hall–Kier alpha value is -2.17. The molecule has 19 heavy (non-hydrogen) atoms. The highest BCUT2D eigenvalue weighted by molar-refractivity contribution is 6.10. The van der Waals surface area contributed by atoms with Crippen molar-refractivity contribution < 1.29 is 13.9 Å². The van der Waals surface area contributed by atoms with Crippen LogP contribution in [0.15, 0.2) is 24.4 Å². The van der Waals surface area contributed by atoms with Crippen LogP contribution in [0.4, 0.5) is 4.39 Å². The van der Waals surface area contributed by atoms with E-state index in [0.29, 0.717) is 17.7 Å². The molecular weight excluding hydrogens is 247 g/mol. The fourth-order valence-corrected chi connectivity index (χ4v) is 1.97. The molecule has 0 saturated carbocycles. The Kier molecular flexibility index (Phi) is 3.64.